The Morgan fingerprint density at radius 3 is 2.53 bits per heavy atom. The topological polar surface area (TPSA) is 46.2 Å². The molecule has 1 atom stereocenters. The maximum absolute atomic E-state index is 11.6. The second-order valence-corrected chi connectivity index (χ2v) is 5.90. The van der Waals surface area contributed by atoms with Crippen molar-refractivity contribution >= 4 is 21.6 Å². The molecule has 1 aromatic carbocycles. The predicted octanol–water partition coefficient (Wildman–Crippen LogP) is 1.76. The van der Waals surface area contributed by atoms with E-state index in [-0.39, 0.29) is 5.38 Å². The van der Waals surface area contributed by atoms with E-state index in [2.05, 4.69) is 4.72 Å². The van der Waals surface area contributed by atoms with Gasteiger partial charge in [-0.25, -0.2) is 13.1 Å². The Morgan fingerprint density at radius 2 is 2.00 bits per heavy atom. The smallest absolute Gasteiger partial charge is 0.214 e. The summed E-state index contributed by atoms with van der Waals surface area (Å²) in [6, 6.07) is 6.87. The number of alkyl halides is 1. The summed E-state index contributed by atoms with van der Waals surface area (Å²) in [6.45, 7) is 1.84. The molecule has 0 radical (unpaired) electrons. The average Bonchev–Trinajstić information content (AvgIpc) is 2.17. The summed E-state index contributed by atoms with van der Waals surface area (Å²) in [7, 11) is -1.98. The number of hydrogen-bond donors (Lipinski definition) is 1. The molecule has 0 fully saturated rings. The standard InChI is InChI=1S/C10H14ClNO2S/c1-8(11)7-9-5-3-4-6-10(9)15(13,14)12-2/h3-6,8,12H,7H2,1-2H3. The van der Waals surface area contributed by atoms with Gasteiger partial charge in [0, 0.05) is 5.38 Å². The highest BCUT2D eigenvalue weighted by atomic mass is 35.5. The van der Waals surface area contributed by atoms with Crippen LogP contribution in [0.5, 0.6) is 0 Å². The molecule has 1 rings (SSSR count). The lowest BCUT2D eigenvalue weighted by Gasteiger charge is -2.10. The molecule has 0 aromatic heterocycles. The molecule has 1 aromatic rings. The Kier molecular flexibility index (Phi) is 4.13. The van der Waals surface area contributed by atoms with Crippen molar-refractivity contribution in [3.8, 4) is 0 Å². The van der Waals surface area contributed by atoms with E-state index in [9.17, 15) is 8.42 Å². The lowest BCUT2D eigenvalue weighted by molar-refractivity contribution is 0.587. The van der Waals surface area contributed by atoms with Crippen LogP contribution in [0, 0.1) is 0 Å². The summed E-state index contributed by atoms with van der Waals surface area (Å²) >= 11 is 5.86. The molecule has 5 heteroatoms. The predicted molar refractivity (Wildman–Crippen MR) is 61.7 cm³/mol. The fraction of sp³-hybridized carbons (Fsp3) is 0.400. The van der Waals surface area contributed by atoms with Gasteiger partial charge in [-0.05, 0) is 32.0 Å². The van der Waals surface area contributed by atoms with Crippen LogP contribution in [0.2, 0.25) is 0 Å². The Morgan fingerprint density at radius 1 is 1.40 bits per heavy atom. The van der Waals surface area contributed by atoms with E-state index in [0.717, 1.165) is 5.56 Å². The molecule has 0 aliphatic carbocycles. The van der Waals surface area contributed by atoms with Crippen LogP contribution in [0.1, 0.15) is 12.5 Å². The van der Waals surface area contributed by atoms with Gasteiger partial charge in [-0.15, -0.1) is 11.6 Å². The lowest BCUT2D eigenvalue weighted by atomic mass is 10.1. The van der Waals surface area contributed by atoms with Crippen molar-refractivity contribution in [2.75, 3.05) is 7.05 Å². The molecule has 1 N–H and O–H groups in total. The van der Waals surface area contributed by atoms with Gasteiger partial charge in [0.15, 0.2) is 0 Å². The first-order chi connectivity index (χ1) is 6.97. The number of halogens is 1. The minimum atomic E-state index is -3.38. The zero-order valence-corrected chi connectivity index (χ0v) is 10.3. The first-order valence-corrected chi connectivity index (χ1v) is 6.55. The van der Waals surface area contributed by atoms with Gasteiger partial charge < -0.3 is 0 Å². The van der Waals surface area contributed by atoms with Crippen LogP contribution in [-0.2, 0) is 16.4 Å². The molecule has 84 valence electrons. The summed E-state index contributed by atoms with van der Waals surface area (Å²) < 4.78 is 25.6. The zero-order valence-electron chi connectivity index (χ0n) is 8.70. The third kappa shape index (κ3) is 3.19. The average molecular weight is 248 g/mol. The number of hydrogen-bond acceptors (Lipinski definition) is 2. The molecule has 3 nitrogen and oxygen atoms in total. The number of sulfonamides is 1. The maximum Gasteiger partial charge on any atom is 0.240 e. The fourth-order valence-electron chi connectivity index (χ4n) is 1.35. The molecule has 0 heterocycles. The second kappa shape index (κ2) is 4.96. The first kappa shape index (κ1) is 12.5. The minimum Gasteiger partial charge on any atom is -0.214 e. The van der Waals surface area contributed by atoms with E-state index in [4.69, 9.17) is 11.6 Å². The van der Waals surface area contributed by atoms with Gasteiger partial charge in [-0.2, -0.15) is 0 Å². The molecule has 0 amide bonds. The highest BCUT2D eigenvalue weighted by Crippen LogP contribution is 2.18. The second-order valence-electron chi connectivity index (χ2n) is 3.30. The van der Waals surface area contributed by atoms with Crippen LogP contribution in [0.4, 0.5) is 0 Å². The Balaban J connectivity index is 3.18. The van der Waals surface area contributed by atoms with Gasteiger partial charge >= 0.3 is 0 Å². The summed E-state index contributed by atoms with van der Waals surface area (Å²) in [5, 5.41) is -0.0850. The molecule has 0 bridgehead atoms. The third-order valence-corrected chi connectivity index (χ3v) is 3.70. The quantitative estimate of drug-likeness (QED) is 0.825. The molecule has 1 unspecified atom stereocenters. The van der Waals surface area contributed by atoms with Crippen LogP contribution in [0.3, 0.4) is 0 Å². The Bertz CT molecular complexity index is 429. The highest BCUT2D eigenvalue weighted by molar-refractivity contribution is 7.89. The van der Waals surface area contributed by atoms with E-state index in [1.165, 1.54) is 7.05 Å². The largest absolute Gasteiger partial charge is 0.240 e. The van der Waals surface area contributed by atoms with E-state index >= 15 is 0 Å². The molecular weight excluding hydrogens is 234 g/mol. The Labute approximate surface area is 95.5 Å². The van der Waals surface area contributed by atoms with Gasteiger partial charge in [0.1, 0.15) is 0 Å². The van der Waals surface area contributed by atoms with Gasteiger partial charge in [0.25, 0.3) is 0 Å². The first-order valence-electron chi connectivity index (χ1n) is 4.63. The summed E-state index contributed by atoms with van der Waals surface area (Å²) in [6.07, 6.45) is 0.540. The highest BCUT2D eigenvalue weighted by Gasteiger charge is 2.16. The van der Waals surface area contributed by atoms with Crippen molar-refractivity contribution in [3.63, 3.8) is 0 Å². The van der Waals surface area contributed by atoms with Crippen LogP contribution in [0.15, 0.2) is 29.2 Å². The molecular formula is C10H14ClNO2S. The fourth-order valence-corrected chi connectivity index (χ4v) is 2.49. The van der Waals surface area contributed by atoms with Gasteiger partial charge in [-0.1, -0.05) is 18.2 Å². The van der Waals surface area contributed by atoms with Crippen molar-refractivity contribution in [2.45, 2.75) is 23.6 Å². The lowest BCUT2D eigenvalue weighted by Crippen LogP contribution is -2.20. The van der Waals surface area contributed by atoms with Crippen LogP contribution >= 0.6 is 11.6 Å². The van der Waals surface area contributed by atoms with Crippen molar-refractivity contribution in [1.82, 2.24) is 4.72 Å². The van der Waals surface area contributed by atoms with Gasteiger partial charge in [-0.3, -0.25) is 0 Å². The molecule has 0 aliphatic heterocycles. The normalized spacial score (nSPS) is 13.8. The molecule has 0 aliphatic rings. The zero-order chi connectivity index (χ0) is 11.5. The number of benzene rings is 1. The molecule has 0 spiro atoms. The minimum absolute atomic E-state index is 0.0850. The van der Waals surface area contributed by atoms with E-state index in [0.29, 0.717) is 11.3 Å². The summed E-state index contributed by atoms with van der Waals surface area (Å²) in [5.41, 5.74) is 0.745. The van der Waals surface area contributed by atoms with Crippen LogP contribution in [-0.4, -0.2) is 20.8 Å². The molecule has 0 saturated carbocycles. The van der Waals surface area contributed by atoms with Gasteiger partial charge in [0.2, 0.25) is 10.0 Å². The van der Waals surface area contributed by atoms with Crippen LogP contribution in [0.25, 0.3) is 0 Å². The van der Waals surface area contributed by atoms with E-state index < -0.39 is 10.0 Å². The van der Waals surface area contributed by atoms with E-state index in [1.807, 2.05) is 13.0 Å². The van der Waals surface area contributed by atoms with Crippen molar-refractivity contribution < 1.29 is 8.42 Å². The SMILES string of the molecule is CNS(=O)(=O)c1ccccc1CC(C)Cl. The van der Waals surface area contributed by atoms with Crippen molar-refractivity contribution in [2.24, 2.45) is 0 Å². The summed E-state index contributed by atoms with van der Waals surface area (Å²) in [4.78, 5) is 0.306. The summed E-state index contributed by atoms with van der Waals surface area (Å²) in [5.74, 6) is 0. The van der Waals surface area contributed by atoms with Crippen molar-refractivity contribution in [1.29, 1.82) is 0 Å². The van der Waals surface area contributed by atoms with Crippen LogP contribution < -0.4 is 4.72 Å². The van der Waals surface area contributed by atoms with Crippen molar-refractivity contribution in [3.05, 3.63) is 29.8 Å². The number of nitrogens with one attached hydrogen (secondary N) is 1. The van der Waals surface area contributed by atoms with E-state index in [1.54, 1.807) is 18.2 Å². The molecule has 15 heavy (non-hydrogen) atoms. The maximum atomic E-state index is 11.6. The van der Waals surface area contributed by atoms with Gasteiger partial charge in [0.05, 0.1) is 4.90 Å². The number of rotatable bonds is 4. The molecule has 0 saturated heterocycles. The third-order valence-electron chi connectivity index (χ3n) is 2.03. The Hall–Kier alpha value is -0.580. The monoisotopic (exact) mass is 247 g/mol.